The van der Waals surface area contributed by atoms with E-state index < -0.39 is 23.1 Å². The van der Waals surface area contributed by atoms with Gasteiger partial charge in [0.1, 0.15) is 0 Å². The van der Waals surface area contributed by atoms with Crippen molar-refractivity contribution in [2.75, 3.05) is 0 Å². The van der Waals surface area contributed by atoms with Crippen molar-refractivity contribution in [3.05, 3.63) is 68.7 Å². The van der Waals surface area contributed by atoms with Crippen molar-refractivity contribution in [3.8, 4) is 0 Å². The molecule has 20 heavy (non-hydrogen) atoms. The summed E-state index contributed by atoms with van der Waals surface area (Å²) in [5.41, 5.74) is -1.36. The summed E-state index contributed by atoms with van der Waals surface area (Å²) in [5.74, 6) is -0.760. The Balaban J connectivity index is 2.57. The third-order valence-corrected chi connectivity index (χ3v) is 3.47. The van der Waals surface area contributed by atoms with Gasteiger partial charge in [0.05, 0.1) is 10.6 Å². The first-order valence-corrected chi connectivity index (χ1v) is 6.64. The molecule has 0 unspecified atom stereocenters. The van der Waals surface area contributed by atoms with Crippen LogP contribution in [0.1, 0.15) is 21.5 Å². The first-order valence-electron chi connectivity index (χ1n) is 5.46. The number of hydrogen-bond donors (Lipinski definition) is 0. The van der Waals surface area contributed by atoms with Gasteiger partial charge < -0.3 is 0 Å². The Labute approximate surface area is 126 Å². The molecule has 1 nitrogen and oxygen atoms in total. The third-order valence-electron chi connectivity index (χ3n) is 2.65. The van der Waals surface area contributed by atoms with Gasteiger partial charge in [0.15, 0.2) is 5.78 Å². The van der Waals surface area contributed by atoms with Crippen LogP contribution in [0.4, 0.5) is 13.2 Å². The fourth-order valence-electron chi connectivity index (χ4n) is 1.74. The molecule has 0 aliphatic heterocycles. The average molecular weight is 364 g/mol. The van der Waals surface area contributed by atoms with Gasteiger partial charge in [-0.1, -0.05) is 45.7 Å². The SMILES string of the molecule is O=C(c1cc(Br)ccc1Cl)c1ccccc1C(F)(F)F. The molecule has 0 atom stereocenters. The van der Waals surface area contributed by atoms with E-state index in [1.165, 1.54) is 24.3 Å². The summed E-state index contributed by atoms with van der Waals surface area (Å²) in [6.45, 7) is 0. The lowest BCUT2D eigenvalue weighted by Crippen LogP contribution is -2.14. The number of carbonyl (C=O) groups excluding carboxylic acids is 1. The van der Waals surface area contributed by atoms with E-state index >= 15 is 0 Å². The van der Waals surface area contributed by atoms with Crippen molar-refractivity contribution >= 4 is 33.3 Å². The van der Waals surface area contributed by atoms with E-state index in [9.17, 15) is 18.0 Å². The van der Waals surface area contributed by atoms with Crippen molar-refractivity contribution in [2.24, 2.45) is 0 Å². The first-order chi connectivity index (χ1) is 9.30. The van der Waals surface area contributed by atoms with E-state index in [0.29, 0.717) is 4.47 Å². The molecule has 0 saturated carbocycles. The zero-order valence-electron chi connectivity index (χ0n) is 9.84. The molecule has 104 valence electrons. The summed E-state index contributed by atoms with van der Waals surface area (Å²) in [6, 6.07) is 9.10. The zero-order valence-corrected chi connectivity index (χ0v) is 12.2. The summed E-state index contributed by atoms with van der Waals surface area (Å²) < 4.78 is 39.3. The van der Waals surface area contributed by atoms with E-state index in [1.807, 2.05) is 0 Å². The normalized spacial score (nSPS) is 11.4. The van der Waals surface area contributed by atoms with Crippen LogP contribution in [0.3, 0.4) is 0 Å². The summed E-state index contributed by atoms with van der Waals surface area (Å²) in [6.07, 6.45) is -4.59. The monoisotopic (exact) mass is 362 g/mol. The van der Waals surface area contributed by atoms with Crippen molar-refractivity contribution in [2.45, 2.75) is 6.18 Å². The van der Waals surface area contributed by atoms with E-state index in [0.717, 1.165) is 12.1 Å². The summed E-state index contributed by atoms with van der Waals surface area (Å²) >= 11 is 9.05. The topological polar surface area (TPSA) is 17.1 Å². The Morgan fingerprint density at radius 1 is 1.05 bits per heavy atom. The Morgan fingerprint density at radius 3 is 2.35 bits per heavy atom. The van der Waals surface area contributed by atoms with Gasteiger partial charge in [0.2, 0.25) is 0 Å². The fourth-order valence-corrected chi connectivity index (χ4v) is 2.31. The number of benzene rings is 2. The molecular weight excluding hydrogens is 357 g/mol. The van der Waals surface area contributed by atoms with Crippen LogP contribution in [0.25, 0.3) is 0 Å². The molecule has 0 heterocycles. The van der Waals surface area contributed by atoms with Crippen LogP contribution in [0.5, 0.6) is 0 Å². The van der Waals surface area contributed by atoms with E-state index in [-0.39, 0.29) is 10.6 Å². The lowest BCUT2D eigenvalue weighted by molar-refractivity contribution is -0.137. The van der Waals surface area contributed by atoms with E-state index in [2.05, 4.69) is 15.9 Å². The molecule has 2 aromatic rings. The predicted molar refractivity (Wildman–Crippen MR) is 74.0 cm³/mol. The standard InChI is InChI=1S/C14H7BrClF3O/c15-8-5-6-12(16)10(7-8)13(20)9-3-1-2-4-11(9)14(17,18)19/h1-7H. The number of halogens is 5. The highest BCUT2D eigenvalue weighted by Crippen LogP contribution is 2.34. The van der Waals surface area contributed by atoms with Crippen LogP contribution in [0.15, 0.2) is 46.9 Å². The molecule has 0 radical (unpaired) electrons. The summed E-state index contributed by atoms with van der Waals surface area (Å²) in [5, 5.41) is 0.107. The molecule has 6 heteroatoms. The minimum atomic E-state index is -4.59. The van der Waals surface area contributed by atoms with Gasteiger partial charge in [-0.2, -0.15) is 13.2 Å². The molecule has 0 aliphatic carbocycles. The Morgan fingerprint density at radius 2 is 1.70 bits per heavy atom. The minimum Gasteiger partial charge on any atom is -0.289 e. The van der Waals surface area contributed by atoms with Crippen molar-refractivity contribution in [3.63, 3.8) is 0 Å². The number of alkyl halides is 3. The van der Waals surface area contributed by atoms with Crippen molar-refractivity contribution in [1.82, 2.24) is 0 Å². The van der Waals surface area contributed by atoms with Gasteiger partial charge in [-0.3, -0.25) is 4.79 Å². The molecule has 0 fully saturated rings. The second-order valence-corrected chi connectivity index (χ2v) is 5.32. The molecule has 0 N–H and O–H groups in total. The van der Waals surface area contributed by atoms with Crippen molar-refractivity contribution in [1.29, 1.82) is 0 Å². The van der Waals surface area contributed by atoms with Gasteiger partial charge in [0.25, 0.3) is 0 Å². The molecule has 0 aromatic heterocycles. The average Bonchev–Trinajstić information content (AvgIpc) is 2.40. The van der Waals surface area contributed by atoms with Crippen LogP contribution < -0.4 is 0 Å². The molecular formula is C14H7BrClF3O. The zero-order chi connectivity index (χ0) is 14.9. The van der Waals surface area contributed by atoms with Crippen molar-refractivity contribution < 1.29 is 18.0 Å². The van der Waals surface area contributed by atoms with E-state index in [4.69, 9.17) is 11.6 Å². The van der Waals surface area contributed by atoms with Crippen LogP contribution in [-0.2, 0) is 6.18 Å². The van der Waals surface area contributed by atoms with Gasteiger partial charge in [-0.05, 0) is 24.3 Å². The fraction of sp³-hybridized carbons (Fsp3) is 0.0714. The van der Waals surface area contributed by atoms with Crippen LogP contribution in [0.2, 0.25) is 5.02 Å². The summed E-state index contributed by atoms with van der Waals surface area (Å²) in [4.78, 5) is 12.3. The molecule has 0 spiro atoms. The largest absolute Gasteiger partial charge is 0.417 e. The van der Waals surface area contributed by atoms with Crippen LogP contribution in [0, 0.1) is 0 Å². The first kappa shape index (κ1) is 15.1. The second kappa shape index (κ2) is 5.58. The van der Waals surface area contributed by atoms with Crippen LogP contribution >= 0.6 is 27.5 Å². The minimum absolute atomic E-state index is 0.0257. The highest BCUT2D eigenvalue weighted by molar-refractivity contribution is 9.10. The predicted octanol–water partition coefficient (Wildman–Crippen LogP) is 5.35. The number of carbonyl (C=O) groups is 1. The highest BCUT2D eigenvalue weighted by Gasteiger charge is 2.35. The second-order valence-electron chi connectivity index (χ2n) is 4.00. The molecule has 0 aliphatic rings. The maximum atomic E-state index is 12.9. The van der Waals surface area contributed by atoms with E-state index in [1.54, 1.807) is 6.07 Å². The third kappa shape index (κ3) is 3.04. The molecule has 2 aromatic carbocycles. The number of hydrogen-bond acceptors (Lipinski definition) is 1. The summed E-state index contributed by atoms with van der Waals surface area (Å²) in [7, 11) is 0. The maximum absolute atomic E-state index is 12.9. The molecule has 2 rings (SSSR count). The van der Waals surface area contributed by atoms with Gasteiger partial charge in [-0.25, -0.2) is 0 Å². The van der Waals surface area contributed by atoms with Gasteiger partial charge >= 0.3 is 6.18 Å². The number of rotatable bonds is 2. The van der Waals surface area contributed by atoms with Crippen LogP contribution in [-0.4, -0.2) is 5.78 Å². The highest BCUT2D eigenvalue weighted by atomic mass is 79.9. The Kier molecular flexibility index (Phi) is 4.20. The molecule has 0 bridgehead atoms. The van der Waals surface area contributed by atoms with Gasteiger partial charge in [0, 0.05) is 15.6 Å². The smallest absolute Gasteiger partial charge is 0.289 e. The lowest BCUT2D eigenvalue weighted by atomic mass is 9.98. The Bertz CT molecular complexity index is 668. The molecule has 0 saturated heterocycles. The number of ketones is 1. The molecule has 0 amide bonds. The lowest BCUT2D eigenvalue weighted by Gasteiger charge is -2.12. The Hall–Kier alpha value is -1.33. The van der Waals surface area contributed by atoms with Gasteiger partial charge in [-0.15, -0.1) is 0 Å². The quantitative estimate of drug-likeness (QED) is 0.657. The maximum Gasteiger partial charge on any atom is 0.417 e.